The number of alkyl halides is 2. The zero-order chi connectivity index (χ0) is 14.3. The van der Waals surface area contributed by atoms with Gasteiger partial charge in [0, 0.05) is 6.07 Å². The number of aromatic nitrogens is 4. The number of imidazole rings is 1. The fraction of sp³-hybridized carbons (Fsp3) is 0.0833. The van der Waals surface area contributed by atoms with Crippen LogP contribution in [0.25, 0.3) is 17.0 Å². The number of para-hydroxylation sites is 2. The maximum absolute atomic E-state index is 13.1. The van der Waals surface area contributed by atoms with E-state index >= 15 is 0 Å². The lowest BCUT2D eigenvalue weighted by Crippen LogP contribution is -2.06. The highest BCUT2D eigenvalue weighted by molar-refractivity contribution is 6.33. The smallest absolute Gasteiger partial charge is 0.259 e. The Balaban J connectivity index is 2.36. The molecule has 1 aromatic carbocycles. The Kier molecular flexibility index (Phi) is 3.27. The van der Waals surface area contributed by atoms with Crippen LogP contribution in [0.1, 0.15) is 12.2 Å². The molecule has 0 unspecified atom stereocenters. The molecule has 0 N–H and O–H groups in total. The van der Waals surface area contributed by atoms with Crippen LogP contribution in [0.5, 0.6) is 0 Å². The van der Waals surface area contributed by atoms with Crippen molar-refractivity contribution >= 4 is 34.2 Å². The monoisotopic (exact) mass is 314 g/mol. The molecule has 102 valence electrons. The fourth-order valence-electron chi connectivity index (χ4n) is 1.88. The second kappa shape index (κ2) is 4.96. The van der Waals surface area contributed by atoms with Crippen molar-refractivity contribution in [2.24, 2.45) is 0 Å². The number of fused-ring (bicyclic) bond motifs is 1. The summed E-state index contributed by atoms with van der Waals surface area (Å²) in [6.07, 6.45) is -2.77. The van der Waals surface area contributed by atoms with Crippen LogP contribution in [-0.4, -0.2) is 19.5 Å². The molecular formula is C12H6Cl2F2N4. The van der Waals surface area contributed by atoms with E-state index in [2.05, 4.69) is 15.0 Å². The standard InChI is InChI=1S/C12H6Cl2F2N4/c13-8-5-9(14)19-12(18-8)20-7-4-2-1-3-6(7)17-11(20)10(15)16/h1-5,10H. The molecule has 4 nitrogen and oxygen atoms in total. The van der Waals surface area contributed by atoms with Crippen molar-refractivity contribution in [1.29, 1.82) is 0 Å². The third-order valence-corrected chi connectivity index (χ3v) is 3.02. The normalized spacial score (nSPS) is 11.4. The maximum Gasteiger partial charge on any atom is 0.296 e. The molecule has 0 spiro atoms. The Hall–Kier alpha value is -1.79. The zero-order valence-corrected chi connectivity index (χ0v) is 11.3. The van der Waals surface area contributed by atoms with Crippen LogP contribution in [0.2, 0.25) is 10.3 Å². The van der Waals surface area contributed by atoms with E-state index in [1.807, 2.05) is 0 Å². The van der Waals surface area contributed by atoms with Gasteiger partial charge in [-0.2, -0.15) is 0 Å². The molecular weight excluding hydrogens is 309 g/mol. The summed E-state index contributed by atoms with van der Waals surface area (Å²) in [7, 11) is 0. The molecule has 3 aromatic rings. The quantitative estimate of drug-likeness (QED) is 0.670. The van der Waals surface area contributed by atoms with Gasteiger partial charge in [0.2, 0.25) is 5.95 Å². The minimum atomic E-state index is -2.77. The molecule has 0 radical (unpaired) electrons. The highest BCUT2D eigenvalue weighted by atomic mass is 35.5. The van der Waals surface area contributed by atoms with Crippen LogP contribution < -0.4 is 0 Å². The lowest BCUT2D eigenvalue weighted by atomic mass is 10.3. The van der Waals surface area contributed by atoms with Gasteiger partial charge in [-0.15, -0.1) is 0 Å². The van der Waals surface area contributed by atoms with Crippen LogP contribution >= 0.6 is 23.2 Å². The third kappa shape index (κ3) is 2.21. The number of halogens is 4. The van der Waals surface area contributed by atoms with E-state index in [1.54, 1.807) is 24.3 Å². The lowest BCUT2D eigenvalue weighted by Gasteiger charge is -2.07. The van der Waals surface area contributed by atoms with Crippen LogP contribution in [0.4, 0.5) is 8.78 Å². The van der Waals surface area contributed by atoms with Gasteiger partial charge in [0.25, 0.3) is 6.43 Å². The van der Waals surface area contributed by atoms with Crippen molar-refractivity contribution in [3.63, 3.8) is 0 Å². The number of hydrogen-bond donors (Lipinski definition) is 0. The maximum atomic E-state index is 13.1. The van der Waals surface area contributed by atoms with Crippen molar-refractivity contribution in [1.82, 2.24) is 19.5 Å². The topological polar surface area (TPSA) is 43.6 Å². The van der Waals surface area contributed by atoms with Crippen molar-refractivity contribution in [2.45, 2.75) is 6.43 Å². The van der Waals surface area contributed by atoms with E-state index in [4.69, 9.17) is 23.2 Å². The van der Waals surface area contributed by atoms with Gasteiger partial charge in [-0.3, -0.25) is 4.57 Å². The summed E-state index contributed by atoms with van der Waals surface area (Å²) < 4.78 is 27.4. The minimum absolute atomic E-state index is 0.0356. The average Bonchev–Trinajstić information content (AvgIpc) is 2.77. The summed E-state index contributed by atoms with van der Waals surface area (Å²) >= 11 is 11.6. The van der Waals surface area contributed by atoms with Gasteiger partial charge in [-0.25, -0.2) is 23.7 Å². The first-order valence-corrected chi connectivity index (χ1v) is 6.28. The molecule has 0 saturated carbocycles. The van der Waals surface area contributed by atoms with E-state index in [1.165, 1.54) is 6.07 Å². The van der Waals surface area contributed by atoms with E-state index in [0.717, 1.165) is 4.57 Å². The Morgan fingerprint density at radius 1 is 1.00 bits per heavy atom. The Labute approximate surface area is 122 Å². The van der Waals surface area contributed by atoms with Crippen LogP contribution in [0, 0.1) is 0 Å². The van der Waals surface area contributed by atoms with E-state index in [0.29, 0.717) is 11.0 Å². The second-order valence-electron chi connectivity index (χ2n) is 3.91. The molecule has 2 heterocycles. The molecule has 2 aromatic heterocycles. The lowest BCUT2D eigenvalue weighted by molar-refractivity contribution is 0.139. The largest absolute Gasteiger partial charge is 0.296 e. The highest BCUT2D eigenvalue weighted by Crippen LogP contribution is 2.27. The third-order valence-electron chi connectivity index (χ3n) is 2.63. The first kappa shape index (κ1) is 13.2. The number of nitrogens with zero attached hydrogens (tertiary/aromatic N) is 4. The molecule has 8 heteroatoms. The SMILES string of the molecule is FC(F)c1nc2ccccc2n1-c1nc(Cl)cc(Cl)n1. The van der Waals surface area contributed by atoms with Gasteiger partial charge < -0.3 is 0 Å². The van der Waals surface area contributed by atoms with E-state index in [9.17, 15) is 8.78 Å². The van der Waals surface area contributed by atoms with Crippen LogP contribution in [0.3, 0.4) is 0 Å². The van der Waals surface area contributed by atoms with Crippen LogP contribution in [-0.2, 0) is 0 Å². The second-order valence-corrected chi connectivity index (χ2v) is 4.68. The molecule has 3 rings (SSSR count). The minimum Gasteiger partial charge on any atom is -0.259 e. The van der Waals surface area contributed by atoms with Crippen molar-refractivity contribution in [2.75, 3.05) is 0 Å². The van der Waals surface area contributed by atoms with E-state index in [-0.39, 0.29) is 16.3 Å². The van der Waals surface area contributed by atoms with E-state index < -0.39 is 12.2 Å². The predicted octanol–water partition coefficient (Wildman–Crippen LogP) is 4.06. The molecule has 0 amide bonds. The predicted molar refractivity (Wildman–Crippen MR) is 71.6 cm³/mol. The average molecular weight is 315 g/mol. The van der Waals surface area contributed by atoms with Gasteiger partial charge in [0.15, 0.2) is 5.82 Å². The number of rotatable bonds is 2. The van der Waals surface area contributed by atoms with Crippen molar-refractivity contribution in [3.8, 4) is 5.95 Å². The molecule has 0 saturated heterocycles. The van der Waals surface area contributed by atoms with Gasteiger partial charge >= 0.3 is 0 Å². The summed E-state index contributed by atoms with van der Waals surface area (Å²) in [6, 6.07) is 8.02. The molecule has 0 aliphatic carbocycles. The fourth-order valence-corrected chi connectivity index (χ4v) is 2.29. The summed E-state index contributed by atoms with van der Waals surface area (Å²) in [5.41, 5.74) is 0.878. The molecule has 0 fully saturated rings. The summed E-state index contributed by atoms with van der Waals surface area (Å²) in [4.78, 5) is 11.8. The molecule has 20 heavy (non-hydrogen) atoms. The summed E-state index contributed by atoms with van der Waals surface area (Å²) in [6.45, 7) is 0. The first-order chi connectivity index (χ1) is 9.56. The van der Waals surface area contributed by atoms with Crippen molar-refractivity contribution in [3.05, 3.63) is 46.5 Å². The molecule has 0 atom stereocenters. The zero-order valence-electron chi connectivity index (χ0n) is 9.76. The summed E-state index contributed by atoms with van der Waals surface area (Å²) in [5, 5.41) is 0.135. The molecule has 0 bridgehead atoms. The highest BCUT2D eigenvalue weighted by Gasteiger charge is 2.21. The number of hydrogen-bond acceptors (Lipinski definition) is 3. The first-order valence-electron chi connectivity index (χ1n) is 5.52. The number of benzene rings is 1. The van der Waals surface area contributed by atoms with Gasteiger partial charge in [0.05, 0.1) is 11.0 Å². The van der Waals surface area contributed by atoms with Gasteiger partial charge in [0.1, 0.15) is 10.3 Å². The Morgan fingerprint density at radius 3 is 2.30 bits per heavy atom. The van der Waals surface area contributed by atoms with Crippen LogP contribution in [0.15, 0.2) is 30.3 Å². The molecule has 0 aliphatic rings. The Bertz CT molecular complexity index is 768. The van der Waals surface area contributed by atoms with Gasteiger partial charge in [-0.05, 0) is 12.1 Å². The molecule has 0 aliphatic heterocycles. The summed E-state index contributed by atoms with van der Waals surface area (Å²) in [5.74, 6) is -0.490. The Morgan fingerprint density at radius 2 is 1.65 bits per heavy atom. The van der Waals surface area contributed by atoms with Gasteiger partial charge in [-0.1, -0.05) is 35.3 Å². The van der Waals surface area contributed by atoms with Crippen molar-refractivity contribution < 1.29 is 8.78 Å².